The molecule has 2 aromatic rings. The Hall–Kier alpha value is -1.47. The summed E-state index contributed by atoms with van der Waals surface area (Å²) in [6.07, 6.45) is 0.984. The van der Waals surface area contributed by atoms with Crippen molar-refractivity contribution >= 4 is 23.6 Å². The highest BCUT2D eigenvalue weighted by Gasteiger charge is 2.52. The quantitative estimate of drug-likeness (QED) is 0.592. The largest absolute Gasteiger partial charge is 0.495 e. The van der Waals surface area contributed by atoms with Crippen LogP contribution < -0.4 is 10.1 Å². The van der Waals surface area contributed by atoms with Crippen LogP contribution in [-0.2, 0) is 21.4 Å². The van der Waals surface area contributed by atoms with Crippen LogP contribution in [0.25, 0.3) is 11.0 Å². The van der Waals surface area contributed by atoms with E-state index in [0.29, 0.717) is 11.0 Å². The Morgan fingerprint density at radius 1 is 1.12 bits per heavy atom. The van der Waals surface area contributed by atoms with Gasteiger partial charge in [0.15, 0.2) is 5.82 Å². The molecule has 0 saturated carbocycles. The predicted octanol–water partition coefficient (Wildman–Crippen LogP) is 1.90. The second-order valence-corrected chi connectivity index (χ2v) is 8.53. The van der Waals surface area contributed by atoms with Crippen LogP contribution in [0.4, 0.5) is 4.39 Å². The monoisotopic (exact) mass is 332 g/mol. The first-order valence-electron chi connectivity index (χ1n) is 8.50. The number of hydrogen-bond donors (Lipinski definition) is 0. The minimum atomic E-state index is -0.574. The van der Waals surface area contributed by atoms with Gasteiger partial charge in [0.05, 0.1) is 16.3 Å². The first-order valence-corrected chi connectivity index (χ1v) is 8.50. The van der Waals surface area contributed by atoms with E-state index in [-0.39, 0.29) is 11.4 Å². The van der Waals surface area contributed by atoms with Gasteiger partial charge in [0, 0.05) is 6.42 Å². The number of halogens is 1. The number of aryl methyl sites for hydroxylation is 1. The number of nitrogens with zero attached hydrogens (tertiary/aromatic N) is 3. The van der Waals surface area contributed by atoms with E-state index in [1.165, 1.54) is 6.07 Å². The Balaban J connectivity index is 1.85. The molecule has 0 radical (unpaired) electrons. The molecule has 0 atom stereocenters. The van der Waals surface area contributed by atoms with Crippen molar-refractivity contribution in [3.63, 3.8) is 0 Å². The molecule has 0 bridgehead atoms. The van der Waals surface area contributed by atoms with Gasteiger partial charge in [0.25, 0.3) is 5.52 Å². The third kappa shape index (κ3) is 2.07. The van der Waals surface area contributed by atoms with E-state index in [0.717, 1.165) is 18.5 Å². The molecule has 0 unspecified atom stereocenters. The molecular weight excluding hydrogens is 308 g/mol. The zero-order valence-electron chi connectivity index (χ0n) is 15.2. The molecule has 1 aromatic carbocycles. The van der Waals surface area contributed by atoms with Crippen molar-refractivity contribution in [1.82, 2.24) is 9.90 Å². The normalized spacial score (nSPS) is 23.9. The lowest BCUT2D eigenvalue weighted by molar-refractivity contribution is -0.792. The Bertz CT molecular complexity index is 828. The summed E-state index contributed by atoms with van der Waals surface area (Å²) in [4.78, 5) is 1.86. The standard InChI is InChI=1S/C17H24BFN3O2/c1-15(2)7-8-21-20-14-12(19)9-11(10-13(14)22(15)21)18-23-16(3,4)17(5,6)24-18/h9-10H,7-8H2,1-6H3/q+1. The molecular formula is C17H24BFN3O2+. The van der Waals surface area contributed by atoms with Crippen molar-refractivity contribution in [3.8, 4) is 0 Å². The van der Waals surface area contributed by atoms with E-state index in [2.05, 4.69) is 23.6 Å². The summed E-state index contributed by atoms with van der Waals surface area (Å²) >= 11 is 0. The van der Waals surface area contributed by atoms with Crippen LogP contribution in [0.5, 0.6) is 0 Å². The lowest BCUT2D eigenvalue weighted by Gasteiger charge is -2.32. The van der Waals surface area contributed by atoms with Crippen LogP contribution >= 0.6 is 0 Å². The van der Waals surface area contributed by atoms with Gasteiger partial charge in [0.2, 0.25) is 5.52 Å². The molecule has 2 aliphatic heterocycles. The van der Waals surface area contributed by atoms with Crippen molar-refractivity contribution < 1.29 is 18.4 Å². The van der Waals surface area contributed by atoms with Gasteiger partial charge in [-0.3, -0.25) is 0 Å². The fraction of sp³-hybridized carbons (Fsp3) is 0.647. The van der Waals surface area contributed by atoms with Crippen molar-refractivity contribution in [3.05, 3.63) is 17.9 Å². The highest BCUT2D eigenvalue weighted by molar-refractivity contribution is 6.62. The molecule has 7 heteroatoms. The van der Waals surface area contributed by atoms with E-state index in [1.807, 2.05) is 38.6 Å². The number of hydrogen-bond acceptors (Lipinski definition) is 3. The smallest absolute Gasteiger partial charge is 0.399 e. The summed E-state index contributed by atoms with van der Waals surface area (Å²) in [5.41, 5.74) is 0.915. The van der Waals surface area contributed by atoms with Gasteiger partial charge < -0.3 is 9.31 Å². The van der Waals surface area contributed by atoms with Crippen LogP contribution in [0.1, 0.15) is 48.0 Å². The summed E-state index contributed by atoms with van der Waals surface area (Å²) < 4.78 is 28.9. The van der Waals surface area contributed by atoms with E-state index >= 15 is 0 Å². The number of fused-ring (bicyclic) bond motifs is 3. The summed E-state index contributed by atoms with van der Waals surface area (Å²) in [7, 11) is -0.574. The van der Waals surface area contributed by atoms with E-state index in [9.17, 15) is 4.39 Å². The molecule has 1 aromatic heterocycles. The highest BCUT2D eigenvalue weighted by atomic mass is 19.1. The molecule has 3 heterocycles. The summed E-state index contributed by atoms with van der Waals surface area (Å²) in [5, 5.41) is 4.44. The minimum absolute atomic E-state index is 0.0876. The maximum Gasteiger partial charge on any atom is 0.495 e. The first-order chi connectivity index (χ1) is 11.0. The van der Waals surface area contributed by atoms with Gasteiger partial charge in [-0.15, -0.1) is 4.68 Å². The van der Waals surface area contributed by atoms with Gasteiger partial charge in [-0.25, -0.2) is 4.39 Å². The van der Waals surface area contributed by atoms with Gasteiger partial charge in [-0.05, 0) is 63.9 Å². The lowest BCUT2D eigenvalue weighted by atomic mass is 9.79. The van der Waals surface area contributed by atoms with Crippen molar-refractivity contribution in [1.29, 1.82) is 0 Å². The predicted molar refractivity (Wildman–Crippen MR) is 89.5 cm³/mol. The maximum absolute atomic E-state index is 14.7. The first kappa shape index (κ1) is 16.0. The highest BCUT2D eigenvalue weighted by Crippen LogP contribution is 2.36. The summed E-state index contributed by atoms with van der Waals surface area (Å²) in [6, 6.07) is 3.44. The Morgan fingerprint density at radius 2 is 1.75 bits per heavy atom. The second kappa shape index (κ2) is 4.58. The average Bonchev–Trinajstić information content (AvgIpc) is 3.02. The fourth-order valence-electron chi connectivity index (χ4n) is 3.53. The van der Waals surface area contributed by atoms with E-state index in [4.69, 9.17) is 9.31 Å². The lowest BCUT2D eigenvalue weighted by Crippen LogP contribution is -2.53. The van der Waals surface area contributed by atoms with Crippen molar-refractivity contribution in [2.24, 2.45) is 0 Å². The number of rotatable bonds is 1. The third-order valence-corrected chi connectivity index (χ3v) is 5.76. The molecule has 2 aliphatic rings. The third-order valence-electron chi connectivity index (χ3n) is 5.76. The molecule has 128 valence electrons. The second-order valence-electron chi connectivity index (χ2n) is 8.53. The van der Waals surface area contributed by atoms with Crippen LogP contribution in [0.2, 0.25) is 0 Å². The zero-order chi connectivity index (χ0) is 17.5. The molecule has 0 N–H and O–H groups in total. The summed E-state index contributed by atoms with van der Waals surface area (Å²) in [6.45, 7) is 13.1. The number of aromatic nitrogens is 3. The van der Waals surface area contributed by atoms with Gasteiger partial charge in [0.1, 0.15) is 12.1 Å². The topological polar surface area (TPSA) is 40.2 Å². The maximum atomic E-state index is 14.7. The zero-order valence-corrected chi connectivity index (χ0v) is 15.2. The van der Waals surface area contributed by atoms with E-state index < -0.39 is 18.3 Å². The Kier molecular flexibility index (Phi) is 3.06. The minimum Gasteiger partial charge on any atom is -0.399 e. The van der Waals surface area contributed by atoms with Crippen LogP contribution in [0.15, 0.2) is 12.1 Å². The molecule has 4 rings (SSSR count). The Morgan fingerprint density at radius 3 is 2.38 bits per heavy atom. The van der Waals surface area contributed by atoms with Crippen molar-refractivity contribution in [2.45, 2.75) is 71.2 Å². The van der Waals surface area contributed by atoms with Gasteiger partial charge in [-0.1, -0.05) is 0 Å². The van der Waals surface area contributed by atoms with Gasteiger partial charge >= 0.3 is 7.12 Å². The molecule has 0 amide bonds. The van der Waals surface area contributed by atoms with E-state index in [1.54, 1.807) is 0 Å². The molecule has 24 heavy (non-hydrogen) atoms. The molecule has 1 fully saturated rings. The van der Waals surface area contributed by atoms with Crippen LogP contribution in [0.3, 0.4) is 0 Å². The van der Waals surface area contributed by atoms with Crippen LogP contribution in [0, 0.1) is 5.82 Å². The fourth-order valence-corrected chi connectivity index (χ4v) is 3.53. The number of benzene rings is 1. The molecule has 5 nitrogen and oxygen atoms in total. The molecule has 0 aliphatic carbocycles. The van der Waals surface area contributed by atoms with Gasteiger partial charge in [-0.2, -0.15) is 0 Å². The molecule has 0 spiro atoms. The van der Waals surface area contributed by atoms with Crippen molar-refractivity contribution in [2.75, 3.05) is 0 Å². The Labute approximate surface area is 141 Å². The SMILES string of the molecule is CC1(C)CCn2nc3c(F)cc(B4OC(C)(C)C(C)(C)O4)cc3[n+]21. The molecule has 1 saturated heterocycles. The average molecular weight is 332 g/mol. The summed E-state index contributed by atoms with van der Waals surface area (Å²) in [5.74, 6) is -0.331. The van der Waals surface area contributed by atoms with Crippen LogP contribution in [-0.4, -0.2) is 28.2 Å².